The van der Waals surface area contributed by atoms with Gasteiger partial charge in [-0.2, -0.15) is 0 Å². The van der Waals surface area contributed by atoms with Crippen molar-refractivity contribution in [1.82, 2.24) is 16.0 Å². The fourth-order valence-electron chi connectivity index (χ4n) is 2.79. The Hall–Kier alpha value is -3.56. The van der Waals surface area contributed by atoms with Crippen molar-refractivity contribution in [2.45, 2.75) is 39.3 Å². The quantitative estimate of drug-likeness (QED) is 0.474. The Labute approximate surface area is 174 Å². The first-order valence-electron chi connectivity index (χ1n) is 9.62. The number of para-hydroxylation sites is 1. The lowest BCUT2D eigenvalue weighted by Crippen LogP contribution is -2.51. The molecule has 0 fully saturated rings. The molecule has 0 aliphatic carbocycles. The minimum atomic E-state index is -0.959. The van der Waals surface area contributed by atoms with Crippen molar-refractivity contribution < 1.29 is 28.7 Å². The van der Waals surface area contributed by atoms with E-state index in [1.54, 1.807) is 38.1 Å². The third-order valence-electron chi connectivity index (χ3n) is 4.24. The highest BCUT2D eigenvalue weighted by molar-refractivity contribution is 5.95. The summed E-state index contributed by atoms with van der Waals surface area (Å²) >= 11 is 0. The highest BCUT2D eigenvalue weighted by atomic mass is 16.5. The topological polar surface area (TPSA) is 135 Å². The van der Waals surface area contributed by atoms with Crippen molar-refractivity contribution in [3.05, 3.63) is 41.6 Å². The second kappa shape index (κ2) is 10.8. The lowest BCUT2D eigenvalue weighted by Gasteiger charge is -2.28. The second-order valence-corrected chi connectivity index (χ2v) is 6.47. The second-order valence-electron chi connectivity index (χ2n) is 6.47. The maximum atomic E-state index is 12.3. The molecule has 0 saturated heterocycles. The van der Waals surface area contributed by atoms with Gasteiger partial charge < -0.3 is 30.7 Å². The summed E-state index contributed by atoms with van der Waals surface area (Å²) in [5.41, 5.74) is 0.926. The van der Waals surface area contributed by atoms with Crippen LogP contribution in [0.25, 0.3) is 0 Å². The van der Waals surface area contributed by atoms with Crippen LogP contribution in [0, 0.1) is 0 Å². The van der Waals surface area contributed by atoms with Gasteiger partial charge in [0.2, 0.25) is 0 Å². The number of hydrogen-bond donors (Lipinski definition) is 4. The van der Waals surface area contributed by atoms with E-state index in [2.05, 4.69) is 21.3 Å². The number of urea groups is 2. The van der Waals surface area contributed by atoms with Crippen LogP contribution in [-0.4, -0.2) is 49.3 Å². The molecule has 10 nitrogen and oxygen atoms in total. The van der Waals surface area contributed by atoms with Gasteiger partial charge in [0.15, 0.2) is 0 Å². The highest BCUT2D eigenvalue weighted by Gasteiger charge is 2.32. The predicted octanol–water partition coefficient (Wildman–Crippen LogP) is 1.65. The van der Waals surface area contributed by atoms with Crippen LogP contribution in [0.3, 0.4) is 0 Å². The van der Waals surface area contributed by atoms with E-state index >= 15 is 0 Å². The van der Waals surface area contributed by atoms with E-state index in [0.717, 1.165) is 0 Å². The van der Waals surface area contributed by atoms with Crippen LogP contribution >= 0.6 is 0 Å². The molecule has 1 aromatic carbocycles. The molecule has 162 valence electrons. The lowest BCUT2D eigenvalue weighted by molar-refractivity contribution is -0.145. The maximum absolute atomic E-state index is 12.3. The number of nitrogens with one attached hydrogen (secondary N) is 4. The monoisotopic (exact) mass is 418 g/mol. The Morgan fingerprint density at radius 3 is 2.47 bits per heavy atom. The SMILES string of the molecule is CCOC(=O)C1=C(COC(=O)[C@H](C)NC(=O)Nc2ccccc2)NC(=O)N[C@H]1CC. The van der Waals surface area contributed by atoms with E-state index in [0.29, 0.717) is 12.1 Å². The van der Waals surface area contributed by atoms with E-state index < -0.39 is 36.1 Å². The standard InChI is InChI=1S/C20H26N4O6/c1-4-14-16(18(26)29-5-2)15(24-20(28)23-14)11-30-17(25)12(3)21-19(27)22-13-9-7-6-8-10-13/h6-10,12,14H,4-5,11H2,1-3H3,(H2,21,22,27)(H2,23,24,28)/t12-,14-/m0/s1. The van der Waals surface area contributed by atoms with Gasteiger partial charge in [0, 0.05) is 5.69 Å². The molecule has 1 aromatic rings. The van der Waals surface area contributed by atoms with Gasteiger partial charge in [-0.3, -0.25) is 0 Å². The largest absolute Gasteiger partial charge is 0.463 e. The molecule has 4 amide bonds. The number of carbonyl (C=O) groups excluding carboxylic acids is 4. The zero-order valence-corrected chi connectivity index (χ0v) is 17.1. The summed E-state index contributed by atoms with van der Waals surface area (Å²) in [5, 5.41) is 10.2. The summed E-state index contributed by atoms with van der Waals surface area (Å²) in [7, 11) is 0. The molecule has 4 N–H and O–H groups in total. The van der Waals surface area contributed by atoms with Gasteiger partial charge in [-0.1, -0.05) is 25.1 Å². The Morgan fingerprint density at radius 2 is 1.83 bits per heavy atom. The number of rotatable bonds is 8. The predicted molar refractivity (Wildman–Crippen MR) is 108 cm³/mol. The van der Waals surface area contributed by atoms with Crippen molar-refractivity contribution in [3.63, 3.8) is 0 Å². The first-order chi connectivity index (χ1) is 14.3. The Balaban J connectivity index is 1.99. The average molecular weight is 418 g/mol. The summed E-state index contributed by atoms with van der Waals surface area (Å²) in [6.07, 6.45) is 0.455. The van der Waals surface area contributed by atoms with E-state index in [4.69, 9.17) is 9.47 Å². The molecule has 0 aromatic heterocycles. The minimum absolute atomic E-state index is 0.151. The molecular weight excluding hydrogens is 392 g/mol. The molecule has 0 unspecified atom stereocenters. The number of ether oxygens (including phenoxy) is 2. The van der Waals surface area contributed by atoms with Crippen molar-refractivity contribution in [1.29, 1.82) is 0 Å². The van der Waals surface area contributed by atoms with Crippen LogP contribution in [0.5, 0.6) is 0 Å². The fraction of sp³-hybridized carbons (Fsp3) is 0.400. The molecule has 2 atom stereocenters. The van der Waals surface area contributed by atoms with Crippen LogP contribution < -0.4 is 21.3 Å². The third-order valence-corrected chi connectivity index (χ3v) is 4.24. The summed E-state index contributed by atoms with van der Waals surface area (Å²) in [6.45, 7) is 4.75. The van der Waals surface area contributed by atoms with E-state index in [-0.39, 0.29) is 24.5 Å². The molecule has 1 aliphatic rings. The van der Waals surface area contributed by atoms with Crippen LogP contribution in [0.15, 0.2) is 41.6 Å². The summed E-state index contributed by atoms with van der Waals surface area (Å²) in [5.74, 6) is -1.33. The van der Waals surface area contributed by atoms with E-state index in [1.165, 1.54) is 6.92 Å². The number of anilines is 1. The minimum Gasteiger partial charge on any atom is -0.463 e. The lowest BCUT2D eigenvalue weighted by atomic mass is 10.0. The summed E-state index contributed by atoms with van der Waals surface area (Å²) < 4.78 is 10.3. The third kappa shape index (κ3) is 6.23. The number of hydrogen-bond acceptors (Lipinski definition) is 6. The van der Waals surface area contributed by atoms with Gasteiger partial charge in [-0.05, 0) is 32.4 Å². The van der Waals surface area contributed by atoms with Gasteiger partial charge in [-0.15, -0.1) is 0 Å². The first kappa shape index (κ1) is 22.7. The highest BCUT2D eigenvalue weighted by Crippen LogP contribution is 2.17. The number of carbonyl (C=O) groups is 4. The van der Waals surface area contributed by atoms with Gasteiger partial charge >= 0.3 is 24.0 Å². The number of esters is 2. The Morgan fingerprint density at radius 1 is 1.13 bits per heavy atom. The van der Waals surface area contributed by atoms with E-state index in [1.807, 2.05) is 6.07 Å². The van der Waals surface area contributed by atoms with Gasteiger partial charge in [0.25, 0.3) is 0 Å². The normalized spacial score (nSPS) is 16.6. The molecular formula is C20H26N4O6. The molecule has 2 rings (SSSR count). The molecule has 30 heavy (non-hydrogen) atoms. The zero-order chi connectivity index (χ0) is 22.1. The van der Waals surface area contributed by atoms with Crippen LogP contribution in [0.1, 0.15) is 27.2 Å². The van der Waals surface area contributed by atoms with Crippen molar-refractivity contribution in [2.75, 3.05) is 18.5 Å². The molecule has 0 spiro atoms. The summed E-state index contributed by atoms with van der Waals surface area (Å²) in [6, 6.07) is 6.15. The van der Waals surface area contributed by atoms with Crippen LogP contribution in [0.4, 0.5) is 15.3 Å². The zero-order valence-electron chi connectivity index (χ0n) is 17.1. The van der Waals surface area contributed by atoms with E-state index in [9.17, 15) is 19.2 Å². The number of benzene rings is 1. The van der Waals surface area contributed by atoms with Crippen molar-refractivity contribution >= 4 is 29.7 Å². The fourth-order valence-corrected chi connectivity index (χ4v) is 2.79. The van der Waals surface area contributed by atoms with Crippen molar-refractivity contribution in [3.8, 4) is 0 Å². The average Bonchev–Trinajstić information content (AvgIpc) is 2.72. The van der Waals surface area contributed by atoms with Gasteiger partial charge in [-0.25, -0.2) is 19.2 Å². The molecule has 10 heteroatoms. The molecule has 0 radical (unpaired) electrons. The maximum Gasteiger partial charge on any atom is 0.338 e. The molecule has 1 heterocycles. The van der Waals surface area contributed by atoms with Gasteiger partial charge in [0.05, 0.1) is 23.9 Å². The van der Waals surface area contributed by atoms with Gasteiger partial charge in [0.1, 0.15) is 12.6 Å². The Bertz CT molecular complexity index is 824. The Kier molecular flexibility index (Phi) is 8.21. The smallest absolute Gasteiger partial charge is 0.338 e. The summed E-state index contributed by atoms with van der Waals surface area (Å²) in [4.78, 5) is 48.4. The molecule has 0 saturated carbocycles. The molecule has 0 bridgehead atoms. The van der Waals surface area contributed by atoms with Crippen molar-refractivity contribution in [2.24, 2.45) is 0 Å². The molecule has 1 aliphatic heterocycles. The van der Waals surface area contributed by atoms with Crippen LogP contribution in [-0.2, 0) is 19.1 Å². The van der Waals surface area contributed by atoms with Crippen LogP contribution in [0.2, 0.25) is 0 Å². The number of amides is 4. The first-order valence-corrected chi connectivity index (χ1v) is 9.62.